The van der Waals surface area contributed by atoms with Gasteiger partial charge in [0.1, 0.15) is 12.4 Å². The summed E-state index contributed by atoms with van der Waals surface area (Å²) < 4.78 is 3.94. The lowest BCUT2D eigenvalue weighted by molar-refractivity contribution is -0.121. The summed E-state index contributed by atoms with van der Waals surface area (Å²) in [4.78, 5) is 17.0. The fraction of sp³-hybridized carbons (Fsp3) is 0.476. The molecule has 4 rings (SSSR count). The molecule has 2 aromatic heterocycles. The maximum absolute atomic E-state index is 12.3. The van der Waals surface area contributed by atoms with Crippen LogP contribution in [0.5, 0.6) is 0 Å². The largest absolute Gasteiger partial charge is 0.354 e. The Morgan fingerprint density at radius 1 is 1.32 bits per heavy atom. The van der Waals surface area contributed by atoms with Gasteiger partial charge in [-0.1, -0.05) is 12.1 Å². The third kappa shape index (κ3) is 4.09. The van der Waals surface area contributed by atoms with Gasteiger partial charge in [-0.15, -0.1) is 0 Å². The average molecular weight is 380 g/mol. The zero-order chi connectivity index (χ0) is 19.3. The highest BCUT2D eigenvalue weighted by molar-refractivity contribution is 5.76. The molecule has 3 aromatic rings. The number of amides is 1. The van der Waals surface area contributed by atoms with Crippen molar-refractivity contribution in [1.29, 1.82) is 0 Å². The van der Waals surface area contributed by atoms with Gasteiger partial charge in [-0.25, -0.2) is 4.98 Å². The van der Waals surface area contributed by atoms with Gasteiger partial charge in [0.25, 0.3) is 0 Å². The van der Waals surface area contributed by atoms with Crippen LogP contribution in [0.1, 0.15) is 37.2 Å². The lowest BCUT2D eigenvalue weighted by Gasteiger charge is -2.20. The highest BCUT2D eigenvalue weighted by Gasteiger charge is 2.18. The number of fused-ring (bicyclic) bond motifs is 1. The smallest absolute Gasteiger partial charge is 0.241 e. The molecule has 1 aromatic carbocycles. The Bertz CT molecular complexity index is 937. The number of aromatic nitrogens is 4. The van der Waals surface area contributed by atoms with Crippen LogP contribution in [0.2, 0.25) is 0 Å². The van der Waals surface area contributed by atoms with Gasteiger partial charge >= 0.3 is 0 Å². The van der Waals surface area contributed by atoms with Crippen molar-refractivity contribution < 1.29 is 4.79 Å². The Labute approximate surface area is 165 Å². The van der Waals surface area contributed by atoms with E-state index in [-0.39, 0.29) is 12.5 Å². The number of imidazole rings is 1. The minimum Gasteiger partial charge on any atom is -0.354 e. The molecule has 7 heteroatoms. The summed E-state index contributed by atoms with van der Waals surface area (Å²) in [5.41, 5.74) is 3.23. The summed E-state index contributed by atoms with van der Waals surface area (Å²) in [5.74, 6) is 1.45. The number of nitrogens with zero attached hydrogens (tertiary/aromatic N) is 4. The number of carbonyl (C=O) groups excluding carboxylic acids is 1. The average Bonchev–Trinajstić information content (AvgIpc) is 3.32. The molecule has 28 heavy (non-hydrogen) atoms. The molecule has 0 bridgehead atoms. The molecule has 2 N–H and O–H groups in total. The molecular formula is C21H28N6O. The lowest BCUT2D eigenvalue weighted by Crippen LogP contribution is -2.30. The molecular weight excluding hydrogens is 352 g/mol. The van der Waals surface area contributed by atoms with Gasteiger partial charge in [-0.05, 0) is 44.5 Å². The van der Waals surface area contributed by atoms with Crippen LogP contribution in [0.4, 0.5) is 0 Å². The van der Waals surface area contributed by atoms with Crippen molar-refractivity contribution in [3.8, 4) is 0 Å². The second kappa shape index (κ2) is 8.56. The quantitative estimate of drug-likeness (QED) is 0.658. The van der Waals surface area contributed by atoms with Gasteiger partial charge in [0.05, 0.1) is 16.7 Å². The Kier molecular flexibility index (Phi) is 5.71. The molecule has 1 aliphatic heterocycles. The lowest BCUT2D eigenvalue weighted by atomic mass is 9.97. The normalized spacial score (nSPS) is 17.1. The first-order chi connectivity index (χ1) is 13.7. The first-order valence-electron chi connectivity index (χ1n) is 10.2. The second-order valence-corrected chi connectivity index (χ2v) is 7.34. The number of piperidine rings is 1. The first-order valence-corrected chi connectivity index (χ1v) is 10.2. The van der Waals surface area contributed by atoms with Crippen molar-refractivity contribution >= 4 is 16.9 Å². The number of nitrogens with one attached hydrogen (secondary N) is 2. The summed E-state index contributed by atoms with van der Waals surface area (Å²) in [7, 11) is 0. The van der Waals surface area contributed by atoms with Crippen LogP contribution in [0, 0.1) is 0 Å². The van der Waals surface area contributed by atoms with Crippen LogP contribution in [0.25, 0.3) is 11.0 Å². The summed E-state index contributed by atoms with van der Waals surface area (Å²) in [6, 6.07) is 10.2. The maximum Gasteiger partial charge on any atom is 0.241 e. The molecule has 0 radical (unpaired) electrons. The molecule has 7 nitrogen and oxygen atoms in total. The molecule has 1 aliphatic rings. The standard InChI is InChI=1S/C21H28N6O/c1-2-27-19-8-4-3-7-18(19)24-20(27)9-12-23-21(28)15-26-13-10-17(25-26)16-6-5-11-22-14-16/h3-4,7-8,10,13,16,22H,2,5-6,9,11-12,14-15H2,1H3,(H,23,28). The molecule has 0 spiro atoms. The van der Waals surface area contributed by atoms with Crippen molar-refractivity contribution in [3.63, 3.8) is 0 Å². The third-order valence-corrected chi connectivity index (χ3v) is 5.40. The van der Waals surface area contributed by atoms with E-state index in [2.05, 4.69) is 33.3 Å². The minimum atomic E-state index is -0.0180. The minimum absolute atomic E-state index is 0.0180. The molecule has 1 atom stereocenters. The van der Waals surface area contributed by atoms with Crippen molar-refractivity contribution in [3.05, 3.63) is 48.0 Å². The van der Waals surface area contributed by atoms with Crippen molar-refractivity contribution in [1.82, 2.24) is 30.0 Å². The van der Waals surface area contributed by atoms with E-state index >= 15 is 0 Å². The van der Waals surface area contributed by atoms with Gasteiger partial charge in [-0.3, -0.25) is 9.48 Å². The van der Waals surface area contributed by atoms with E-state index in [1.54, 1.807) is 4.68 Å². The van der Waals surface area contributed by atoms with E-state index in [4.69, 9.17) is 4.98 Å². The predicted molar refractivity (Wildman–Crippen MR) is 109 cm³/mol. The number of hydrogen-bond acceptors (Lipinski definition) is 4. The molecule has 3 heterocycles. The number of benzene rings is 1. The Hall–Kier alpha value is -2.67. The highest BCUT2D eigenvalue weighted by Crippen LogP contribution is 2.21. The number of carbonyl (C=O) groups is 1. The fourth-order valence-electron chi connectivity index (χ4n) is 3.97. The van der Waals surface area contributed by atoms with E-state index in [0.717, 1.165) is 48.6 Å². The molecule has 1 amide bonds. The summed E-state index contributed by atoms with van der Waals surface area (Å²) in [6.45, 7) is 5.88. The molecule has 0 aliphatic carbocycles. The van der Waals surface area contributed by atoms with Crippen LogP contribution in [-0.4, -0.2) is 44.9 Å². The highest BCUT2D eigenvalue weighted by atomic mass is 16.2. The Morgan fingerprint density at radius 3 is 3.04 bits per heavy atom. The maximum atomic E-state index is 12.3. The van der Waals surface area contributed by atoms with Crippen LogP contribution < -0.4 is 10.6 Å². The Morgan fingerprint density at radius 2 is 2.21 bits per heavy atom. The first kappa shape index (κ1) is 18.7. The summed E-state index contributed by atoms with van der Waals surface area (Å²) in [6.07, 6.45) is 4.96. The van der Waals surface area contributed by atoms with Gasteiger partial charge in [0.2, 0.25) is 5.91 Å². The summed E-state index contributed by atoms with van der Waals surface area (Å²) in [5, 5.41) is 11.0. The van der Waals surface area contributed by atoms with E-state index in [1.807, 2.05) is 30.5 Å². The molecule has 1 fully saturated rings. The predicted octanol–water partition coefficient (Wildman–Crippen LogP) is 2.08. The van der Waals surface area contributed by atoms with Crippen LogP contribution in [0.3, 0.4) is 0 Å². The zero-order valence-corrected chi connectivity index (χ0v) is 16.4. The fourth-order valence-corrected chi connectivity index (χ4v) is 3.97. The molecule has 1 saturated heterocycles. The number of hydrogen-bond donors (Lipinski definition) is 2. The van der Waals surface area contributed by atoms with E-state index in [1.165, 1.54) is 6.42 Å². The van der Waals surface area contributed by atoms with Crippen molar-refractivity contribution in [2.45, 2.75) is 45.2 Å². The number of para-hydroxylation sites is 2. The van der Waals surface area contributed by atoms with Crippen molar-refractivity contribution in [2.24, 2.45) is 0 Å². The van der Waals surface area contributed by atoms with Gasteiger partial charge < -0.3 is 15.2 Å². The van der Waals surface area contributed by atoms with Gasteiger partial charge in [0.15, 0.2) is 0 Å². The zero-order valence-electron chi connectivity index (χ0n) is 16.4. The third-order valence-electron chi connectivity index (χ3n) is 5.40. The van der Waals surface area contributed by atoms with Gasteiger partial charge in [-0.2, -0.15) is 5.10 Å². The van der Waals surface area contributed by atoms with E-state index in [0.29, 0.717) is 18.9 Å². The van der Waals surface area contributed by atoms with Crippen LogP contribution in [0.15, 0.2) is 36.5 Å². The monoisotopic (exact) mass is 380 g/mol. The second-order valence-electron chi connectivity index (χ2n) is 7.34. The van der Waals surface area contributed by atoms with Crippen molar-refractivity contribution in [2.75, 3.05) is 19.6 Å². The SMILES string of the molecule is CCn1c(CCNC(=O)Cn2ccc(C3CCCNC3)n2)nc2ccccc21. The topological polar surface area (TPSA) is 76.8 Å². The van der Waals surface area contributed by atoms with E-state index < -0.39 is 0 Å². The van der Waals surface area contributed by atoms with Gasteiger partial charge in [0, 0.05) is 38.2 Å². The van der Waals surface area contributed by atoms with E-state index in [9.17, 15) is 4.79 Å². The number of rotatable bonds is 7. The van der Waals surface area contributed by atoms with Crippen LogP contribution >= 0.6 is 0 Å². The number of aryl methyl sites for hydroxylation is 1. The summed E-state index contributed by atoms with van der Waals surface area (Å²) >= 11 is 0. The molecule has 148 valence electrons. The molecule has 1 unspecified atom stereocenters. The Balaban J connectivity index is 1.30. The van der Waals surface area contributed by atoms with Crippen LogP contribution in [-0.2, 0) is 24.3 Å². The molecule has 0 saturated carbocycles.